The lowest BCUT2D eigenvalue weighted by molar-refractivity contribution is 0.0824. The Balaban J connectivity index is 0.00000171. The number of anilines is 1. The van der Waals surface area contributed by atoms with Gasteiger partial charge in [-0.25, -0.2) is 8.42 Å². The lowest BCUT2D eigenvalue weighted by Gasteiger charge is -2.34. The zero-order valence-corrected chi connectivity index (χ0v) is 19.9. The molecule has 1 fully saturated rings. The minimum Gasteiger partial charge on any atom is -0.303 e. The summed E-state index contributed by atoms with van der Waals surface area (Å²) >= 11 is 0. The third-order valence-electron chi connectivity index (χ3n) is 6.07. The number of Topliss-reactive ketones (excluding diaryl/α,β-unsaturated/α-hetero) is 1. The third-order valence-corrected chi connectivity index (χ3v) is 6.67. The first-order valence-electron chi connectivity index (χ1n) is 10.2. The first kappa shape index (κ1) is 25.6. The van der Waals surface area contributed by atoms with E-state index in [1.165, 1.54) is 0 Å². The summed E-state index contributed by atoms with van der Waals surface area (Å²) in [6, 6.07) is 11.4. The monoisotopic (exact) mass is 485 g/mol. The van der Waals surface area contributed by atoms with Gasteiger partial charge in [-0.05, 0) is 68.1 Å². The number of nitrogens with one attached hydrogen (secondary N) is 1. The summed E-state index contributed by atoms with van der Waals surface area (Å²) in [7, 11) is -3.35. The minimum atomic E-state index is -3.35. The summed E-state index contributed by atoms with van der Waals surface area (Å²) in [4.78, 5) is 19.9. The molecular weight excluding hydrogens is 457 g/mol. The molecule has 6 nitrogen and oxygen atoms in total. The number of piperidine rings is 1. The maximum Gasteiger partial charge on any atom is 0.229 e. The molecule has 1 aromatic carbocycles. The molecule has 1 aromatic heterocycles. The number of benzene rings is 1. The number of rotatable bonds is 6. The average Bonchev–Trinajstić information content (AvgIpc) is 3.03. The molecule has 0 spiro atoms. The van der Waals surface area contributed by atoms with Crippen LogP contribution in [0.1, 0.15) is 34.5 Å². The van der Waals surface area contributed by atoms with Crippen LogP contribution < -0.4 is 4.72 Å². The molecule has 0 bridgehead atoms. The van der Waals surface area contributed by atoms with E-state index < -0.39 is 10.0 Å². The van der Waals surface area contributed by atoms with Crippen molar-refractivity contribution in [2.45, 2.75) is 25.7 Å². The number of aromatic nitrogens is 1. The fourth-order valence-electron chi connectivity index (χ4n) is 4.57. The third kappa shape index (κ3) is 6.42. The van der Waals surface area contributed by atoms with Crippen molar-refractivity contribution < 1.29 is 13.2 Å². The topological polar surface area (TPSA) is 79.4 Å². The predicted molar refractivity (Wildman–Crippen MR) is 128 cm³/mol. The molecule has 2 aromatic rings. The van der Waals surface area contributed by atoms with Crippen molar-refractivity contribution in [2.75, 3.05) is 30.6 Å². The van der Waals surface area contributed by atoms with Gasteiger partial charge in [-0.3, -0.25) is 14.5 Å². The maximum absolute atomic E-state index is 13.0. The Kier molecular flexibility index (Phi) is 8.89. The van der Waals surface area contributed by atoms with Crippen LogP contribution in [-0.2, 0) is 22.9 Å². The van der Waals surface area contributed by atoms with Crippen molar-refractivity contribution in [1.29, 1.82) is 0 Å². The quantitative estimate of drug-likeness (QED) is 0.675. The van der Waals surface area contributed by atoms with Crippen LogP contribution in [0.4, 0.5) is 5.69 Å². The number of ketones is 1. The first-order valence-corrected chi connectivity index (χ1v) is 12.1. The summed E-state index contributed by atoms with van der Waals surface area (Å²) < 4.78 is 25.4. The molecule has 9 heteroatoms. The molecule has 1 N–H and O–H groups in total. The van der Waals surface area contributed by atoms with E-state index in [1.54, 1.807) is 12.1 Å². The lowest BCUT2D eigenvalue weighted by atomic mass is 9.82. The second-order valence-electron chi connectivity index (χ2n) is 8.17. The van der Waals surface area contributed by atoms with Crippen LogP contribution in [0.25, 0.3) is 0 Å². The summed E-state index contributed by atoms with van der Waals surface area (Å²) in [5.41, 5.74) is 3.30. The number of sulfonamides is 1. The smallest absolute Gasteiger partial charge is 0.229 e. The molecule has 1 aliphatic heterocycles. The van der Waals surface area contributed by atoms with Gasteiger partial charge in [0, 0.05) is 42.0 Å². The van der Waals surface area contributed by atoms with Gasteiger partial charge >= 0.3 is 0 Å². The molecule has 1 aliphatic carbocycles. The number of carbonyl (C=O) groups is 1. The fourth-order valence-corrected chi connectivity index (χ4v) is 5.12. The zero-order valence-electron chi connectivity index (χ0n) is 17.5. The molecule has 170 valence electrons. The number of likely N-dealkylation sites (tertiary alicyclic amines) is 1. The molecule has 0 saturated carbocycles. The Labute approximate surface area is 196 Å². The highest BCUT2D eigenvalue weighted by Crippen LogP contribution is 2.37. The Morgan fingerprint density at radius 3 is 2.52 bits per heavy atom. The van der Waals surface area contributed by atoms with Crippen LogP contribution in [0.2, 0.25) is 0 Å². The maximum atomic E-state index is 13.0. The molecular formula is C22H29Cl2N3O3S. The first-order chi connectivity index (χ1) is 13.9. The van der Waals surface area contributed by atoms with Crippen LogP contribution in [0, 0.1) is 11.8 Å². The standard InChI is InChI=1S/C22H27N3O3S.2ClH/c1-29(27,28)24-19-6-5-17-14-20(22(26)21(17)15-19)16-7-11-25(12-8-16)13-9-18-4-2-3-10-23-18;;/h2-6,10,15-16,20,24H,7-9,11-14H2,1H3;2*1H. The summed E-state index contributed by atoms with van der Waals surface area (Å²) in [5.74, 6) is 0.591. The van der Waals surface area contributed by atoms with E-state index in [1.807, 2.05) is 24.4 Å². The number of hydrogen-bond donors (Lipinski definition) is 1. The van der Waals surface area contributed by atoms with Crippen molar-refractivity contribution in [3.05, 3.63) is 59.4 Å². The molecule has 2 aliphatic rings. The Hall–Kier alpha value is -1.67. The van der Waals surface area contributed by atoms with Crippen LogP contribution in [0.3, 0.4) is 0 Å². The number of nitrogens with zero attached hydrogens (tertiary/aromatic N) is 2. The van der Waals surface area contributed by atoms with Gasteiger partial charge < -0.3 is 4.90 Å². The van der Waals surface area contributed by atoms with Crippen LogP contribution in [0.15, 0.2) is 42.6 Å². The second-order valence-corrected chi connectivity index (χ2v) is 9.92. The molecule has 1 unspecified atom stereocenters. The van der Waals surface area contributed by atoms with Crippen molar-refractivity contribution in [2.24, 2.45) is 11.8 Å². The van der Waals surface area contributed by atoms with Gasteiger partial charge in [0.2, 0.25) is 10.0 Å². The van der Waals surface area contributed by atoms with E-state index in [4.69, 9.17) is 0 Å². The summed E-state index contributed by atoms with van der Waals surface area (Å²) in [5, 5.41) is 0. The van der Waals surface area contributed by atoms with Gasteiger partial charge in [0.05, 0.1) is 6.26 Å². The molecule has 0 radical (unpaired) electrons. The van der Waals surface area contributed by atoms with Crippen molar-refractivity contribution in [1.82, 2.24) is 9.88 Å². The highest BCUT2D eigenvalue weighted by molar-refractivity contribution is 7.92. The van der Waals surface area contributed by atoms with Crippen molar-refractivity contribution in [3.8, 4) is 0 Å². The number of carbonyl (C=O) groups excluding carboxylic acids is 1. The highest BCUT2D eigenvalue weighted by atomic mass is 35.5. The number of halogens is 2. The van der Waals surface area contributed by atoms with Crippen LogP contribution in [0.5, 0.6) is 0 Å². The summed E-state index contributed by atoms with van der Waals surface area (Å²) in [6.45, 7) is 3.03. The highest BCUT2D eigenvalue weighted by Gasteiger charge is 2.37. The molecule has 2 heterocycles. The molecule has 1 atom stereocenters. The molecule has 1 saturated heterocycles. The van der Waals surface area contributed by atoms with Gasteiger partial charge in [0.25, 0.3) is 0 Å². The number of hydrogen-bond acceptors (Lipinski definition) is 5. The number of pyridine rings is 1. The van der Waals surface area contributed by atoms with E-state index in [-0.39, 0.29) is 36.5 Å². The van der Waals surface area contributed by atoms with E-state index in [0.717, 1.165) is 62.8 Å². The van der Waals surface area contributed by atoms with Crippen LogP contribution in [-0.4, -0.2) is 50.0 Å². The van der Waals surface area contributed by atoms with Crippen LogP contribution >= 0.6 is 24.8 Å². The van der Waals surface area contributed by atoms with Gasteiger partial charge in [0.1, 0.15) is 0 Å². The van der Waals surface area contributed by atoms with Crippen molar-refractivity contribution in [3.63, 3.8) is 0 Å². The molecule has 31 heavy (non-hydrogen) atoms. The Bertz CT molecular complexity index is 994. The van der Waals surface area contributed by atoms with Gasteiger partial charge in [-0.1, -0.05) is 12.1 Å². The van der Waals surface area contributed by atoms with E-state index in [2.05, 4.69) is 20.7 Å². The van der Waals surface area contributed by atoms with E-state index in [0.29, 0.717) is 17.2 Å². The van der Waals surface area contributed by atoms with Crippen molar-refractivity contribution >= 4 is 46.3 Å². The Morgan fingerprint density at radius 1 is 1.13 bits per heavy atom. The second kappa shape index (κ2) is 10.8. The normalized spacial score (nSPS) is 19.3. The van der Waals surface area contributed by atoms with E-state index >= 15 is 0 Å². The predicted octanol–water partition coefficient (Wildman–Crippen LogP) is 3.61. The van der Waals surface area contributed by atoms with Gasteiger partial charge in [0.15, 0.2) is 5.78 Å². The van der Waals surface area contributed by atoms with Gasteiger partial charge in [-0.2, -0.15) is 0 Å². The Morgan fingerprint density at radius 2 is 1.87 bits per heavy atom. The SMILES string of the molecule is CS(=O)(=O)Nc1ccc2c(c1)C(=O)C(C1CCN(CCc3ccccn3)CC1)C2.Cl.Cl. The minimum absolute atomic E-state index is 0. The number of fused-ring (bicyclic) bond motifs is 1. The largest absolute Gasteiger partial charge is 0.303 e. The molecule has 4 rings (SSSR count). The summed E-state index contributed by atoms with van der Waals surface area (Å²) in [6.07, 6.45) is 6.73. The lowest BCUT2D eigenvalue weighted by Crippen LogP contribution is -2.38. The molecule has 0 amide bonds. The van der Waals surface area contributed by atoms with Gasteiger partial charge in [-0.15, -0.1) is 24.8 Å². The fraction of sp³-hybridized carbons (Fsp3) is 0.455. The zero-order chi connectivity index (χ0) is 20.4. The van der Waals surface area contributed by atoms with E-state index in [9.17, 15) is 13.2 Å². The average molecular weight is 486 g/mol.